The number of hydrogen-bond donors (Lipinski definition) is 0. The minimum absolute atomic E-state index is 0.0176. The van der Waals surface area contributed by atoms with Gasteiger partial charge in [0.1, 0.15) is 6.61 Å². The van der Waals surface area contributed by atoms with E-state index in [9.17, 15) is 10.1 Å². The van der Waals surface area contributed by atoms with Gasteiger partial charge in [0.2, 0.25) is 0 Å². The van der Waals surface area contributed by atoms with Crippen LogP contribution in [0.15, 0.2) is 24.4 Å². The van der Waals surface area contributed by atoms with Crippen LogP contribution in [-0.4, -0.2) is 14.7 Å². The predicted octanol–water partition coefficient (Wildman–Crippen LogP) is 2.52. The van der Waals surface area contributed by atoms with E-state index in [1.54, 1.807) is 36.0 Å². The highest BCUT2D eigenvalue weighted by atomic mass is 16.6. The predicted molar refractivity (Wildman–Crippen MR) is 70.1 cm³/mol. The molecule has 0 aliphatic carbocycles. The number of rotatable bonds is 4. The maximum Gasteiger partial charge on any atom is 0.313 e. The summed E-state index contributed by atoms with van der Waals surface area (Å²) in [7, 11) is 1.84. The fraction of sp³-hybridized carbons (Fsp3) is 0.308. The van der Waals surface area contributed by atoms with Crippen molar-refractivity contribution < 1.29 is 9.66 Å². The van der Waals surface area contributed by atoms with Crippen molar-refractivity contribution in [3.05, 3.63) is 51.3 Å². The monoisotopic (exact) mass is 261 g/mol. The van der Waals surface area contributed by atoms with E-state index < -0.39 is 4.92 Å². The van der Waals surface area contributed by atoms with Crippen molar-refractivity contribution in [1.29, 1.82) is 0 Å². The Morgan fingerprint density at radius 3 is 2.74 bits per heavy atom. The van der Waals surface area contributed by atoms with Crippen LogP contribution in [0.1, 0.15) is 16.8 Å². The fourth-order valence-electron chi connectivity index (χ4n) is 1.82. The first-order valence-electron chi connectivity index (χ1n) is 5.85. The Balaban J connectivity index is 2.23. The molecule has 19 heavy (non-hydrogen) atoms. The lowest BCUT2D eigenvalue weighted by atomic mass is 10.2. The fourth-order valence-corrected chi connectivity index (χ4v) is 1.82. The summed E-state index contributed by atoms with van der Waals surface area (Å²) in [6.07, 6.45) is 1.71. The van der Waals surface area contributed by atoms with Crippen LogP contribution in [0.5, 0.6) is 5.75 Å². The normalized spacial score (nSPS) is 10.5. The number of ether oxygens (including phenoxy) is 1. The van der Waals surface area contributed by atoms with Gasteiger partial charge in [0.05, 0.1) is 11.1 Å². The molecule has 6 heteroatoms. The summed E-state index contributed by atoms with van der Waals surface area (Å²) >= 11 is 0. The minimum atomic E-state index is -0.416. The zero-order chi connectivity index (χ0) is 14.0. The van der Waals surface area contributed by atoms with Crippen LogP contribution in [0.25, 0.3) is 0 Å². The Morgan fingerprint density at radius 1 is 1.42 bits per heavy atom. The summed E-state index contributed by atoms with van der Waals surface area (Å²) in [6, 6.07) is 5.05. The summed E-state index contributed by atoms with van der Waals surface area (Å²) in [5, 5.41) is 15.1. The van der Waals surface area contributed by atoms with Crippen molar-refractivity contribution >= 4 is 5.69 Å². The lowest BCUT2D eigenvalue weighted by Crippen LogP contribution is -2.02. The number of hydrogen-bond acceptors (Lipinski definition) is 4. The van der Waals surface area contributed by atoms with Gasteiger partial charge < -0.3 is 4.74 Å². The average molecular weight is 261 g/mol. The van der Waals surface area contributed by atoms with Gasteiger partial charge in [0.15, 0.2) is 5.75 Å². The second-order valence-electron chi connectivity index (χ2n) is 4.35. The summed E-state index contributed by atoms with van der Waals surface area (Å²) in [5.74, 6) is 0.285. The van der Waals surface area contributed by atoms with E-state index in [-0.39, 0.29) is 18.0 Å². The Morgan fingerprint density at radius 2 is 2.16 bits per heavy atom. The highest BCUT2D eigenvalue weighted by molar-refractivity contribution is 5.52. The zero-order valence-electron chi connectivity index (χ0n) is 11.1. The molecule has 0 atom stereocenters. The number of nitro benzene ring substituents is 1. The number of aromatic nitrogens is 2. The maximum atomic E-state index is 11.0. The Bertz CT molecular complexity index is 620. The van der Waals surface area contributed by atoms with E-state index in [0.29, 0.717) is 5.56 Å². The van der Waals surface area contributed by atoms with Crippen LogP contribution in [0, 0.1) is 24.0 Å². The maximum absolute atomic E-state index is 11.0. The molecule has 1 heterocycles. The topological polar surface area (TPSA) is 70.2 Å². The van der Waals surface area contributed by atoms with Crippen LogP contribution in [0.3, 0.4) is 0 Å². The Hall–Kier alpha value is -2.37. The number of nitro groups is 1. The van der Waals surface area contributed by atoms with Crippen LogP contribution < -0.4 is 4.74 Å². The third kappa shape index (κ3) is 2.57. The van der Waals surface area contributed by atoms with Gasteiger partial charge in [-0.25, -0.2) is 0 Å². The van der Waals surface area contributed by atoms with Crippen molar-refractivity contribution in [2.75, 3.05) is 0 Å². The Labute approximate surface area is 110 Å². The van der Waals surface area contributed by atoms with Gasteiger partial charge in [0.25, 0.3) is 0 Å². The largest absolute Gasteiger partial charge is 0.482 e. The van der Waals surface area contributed by atoms with Crippen LogP contribution >= 0.6 is 0 Å². The molecule has 0 fully saturated rings. The second kappa shape index (κ2) is 5.09. The Kier molecular flexibility index (Phi) is 3.50. The SMILES string of the molecule is Cc1cccc(OCc2cnn(C)c2C)c1[N+](=O)[O-]. The quantitative estimate of drug-likeness (QED) is 0.626. The number of benzene rings is 1. The molecule has 0 aliphatic rings. The van der Waals surface area contributed by atoms with Gasteiger partial charge in [-0.2, -0.15) is 5.10 Å². The minimum Gasteiger partial charge on any atom is -0.482 e. The molecule has 0 aliphatic heterocycles. The molecule has 0 bridgehead atoms. The lowest BCUT2D eigenvalue weighted by molar-refractivity contribution is -0.386. The molecule has 0 spiro atoms. The number of nitrogens with zero attached hydrogens (tertiary/aromatic N) is 3. The van der Waals surface area contributed by atoms with Crippen molar-refractivity contribution in [1.82, 2.24) is 9.78 Å². The van der Waals surface area contributed by atoms with E-state index in [0.717, 1.165) is 11.3 Å². The van der Waals surface area contributed by atoms with E-state index in [4.69, 9.17) is 4.74 Å². The van der Waals surface area contributed by atoms with Gasteiger partial charge in [0, 0.05) is 23.9 Å². The van der Waals surface area contributed by atoms with Crippen molar-refractivity contribution in [2.45, 2.75) is 20.5 Å². The summed E-state index contributed by atoms with van der Waals surface area (Å²) in [5.41, 5.74) is 2.50. The van der Waals surface area contributed by atoms with E-state index >= 15 is 0 Å². The molecular weight excluding hydrogens is 246 g/mol. The summed E-state index contributed by atoms with van der Waals surface area (Å²) in [4.78, 5) is 10.6. The van der Waals surface area contributed by atoms with Crippen molar-refractivity contribution in [3.8, 4) is 5.75 Å². The van der Waals surface area contributed by atoms with E-state index in [2.05, 4.69) is 5.10 Å². The third-order valence-corrected chi connectivity index (χ3v) is 3.10. The first-order valence-corrected chi connectivity index (χ1v) is 5.85. The zero-order valence-corrected chi connectivity index (χ0v) is 11.1. The first-order chi connectivity index (χ1) is 9.00. The van der Waals surface area contributed by atoms with Crippen LogP contribution in [0.4, 0.5) is 5.69 Å². The summed E-state index contributed by atoms with van der Waals surface area (Å²) in [6.45, 7) is 3.89. The van der Waals surface area contributed by atoms with Gasteiger partial charge in [-0.05, 0) is 19.9 Å². The molecule has 100 valence electrons. The first kappa shape index (κ1) is 13.1. The van der Waals surface area contributed by atoms with Gasteiger partial charge >= 0.3 is 5.69 Å². The molecule has 0 saturated heterocycles. The van der Waals surface area contributed by atoms with Crippen LogP contribution in [-0.2, 0) is 13.7 Å². The molecule has 6 nitrogen and oxygen atoms in total. The molecule has 2 aromatic rings. The van der Waals surface area contributed by atoms with E-state index in [1.807, 2.05) is 14.0 Å². The molecule has 0 N–H and O–H groups in total. The van der Waals surface area contributed by atoms with E-state index in [1.165, 1.54) is 0 Å². The summed E-state index contributed by atoms with van der Waals surface area (Å²) < 4.78 is 7.30. The molecule has 1 aromatic heterocycles. The average Bonchev–Trinajstić information content (AvgIpc) is 2.67. The van der Waals surface area contributed by atoms with Gasteiger partial charge in [-0.3, -0.25) is 14.8 Å². The molecule has 0 radical (unpaired) electrons. The molecule has 0 amide bonds. The second-order valence-corrected chi connectivity index (χ2v) is 4.35. The highest BCUT2D eigenvalue weighted by Crippen LogP contribution is 2.30. The van der Waals surface area contributed by atoms with Gasteiger partial charge in [-0.15, -0.1) is 0 Å². The molecule has 2 rings (SSSR count). The molecular formula is C13H15N3O3. The van der Waals surface area contributed by atoms with Crippen molar-refractivity contribution in [3.63, 3.8) is 0 Å². The van der Waals surface area contributed by atoms with Crippen molar-refractivity contribution in [2.24, 2.45) is 7.05 Å². The number of para-hydroxylation sites is 1. The third-order valence-electron chi connectivity index (χ3n) is 3.10. The number of aryl methyl sites for hydroxylation is 2. The standard InChI is InChI=1S/C13H15N3O3/c1-9-5-4-6-12(13(9)16(17)18)19-8-11-7-14-15(3)10(11)2/h4-7H,8H2,1-3H3. The van der Waals surface area contributed by atoms with Gasteiger partial charge in [-0.1, -0.05) is 12.1 Å². The molecule has 0 unspecified atom stereocenters. The smallest absolute Gasteiger partial charge is 0.313 e. The highest BCUT2D eigenvalue weighted by Gasteiger charge is 2.18. The lowest BCUT2D eigenvalue weighted by Gasteiger charge is -2.07. The molecule has 0 saturated carbocycles. The molecule has 1 aromatic carbocycles. The van der Waals surface area contributed by atoms with Crippen LogP contribution in [0.2, 0.25) is 0 Å².